The van der Waals surface area contributed by atoms with E-state index >= 15 is 8.42 Å². The molecule has 6 atom stereocenters. The van der Waals surface area contributed by atoms with E-state index in [1.54, 1.807) is 24.3 Å². The highest BCUT2D eigenvalue weighted by molar-refractivity contribution is 7.93. The minimum Gasteiger partial charge on any atom is -0.456 e. The van der Waals surface area contributed by atoms with E-state index in [1.165, 1.54) is 6.92 Å². The second-order valence-electron chi connectivity index (χ2n) is 18.8. The summed E-state index contributed by atoms with van der Waals surface area (Å²) < 4.78 is 61.8. The Balaban J connectivity index is 1.51. The van der Waals surface area contributed by atoms with Gasteiger partial charge in [-0.15, -0.1) is 0 Å². The maximum Gasteiger partial charge on any atom is 0.303 e. The SMILES string of the molecule is CC(=O)OC(C1=C[C@H]2C[C@@H](OC3CCCCO3)[C@H](O[Si](C)(C)C(C)(C)C)[C@H]2C1)C1(S(=O)(=O)c2ccccc2)CCC(O[Si](C)(C)C(C)(C)C)CC1. The molecule has 288 valence electrons. The van der Waals surface area contributed by atoms with Crippen LogP contribution in [0.3, 0.4) is 0 Å². The molecule has 0 amide bonds. The average Bonchev–Trinajstić information content (AvgIpc) is 3.58. The number of carbonyl (C=O) groups excluding carboxylic acids is 1. The molecule has 2 saturated carbocycles. The number of rotatable bonds is 11. The lowest BCUT2D eigenvalue weighted by Crippen LogP contribution is -2.56. The molecule has 2 unspecified atom stereocenters. The van der Waals surface area contributed by atoms with Gasteiger partial charge in [0, 0.05) is 19.6 Å². The third-order valence-corrected chi connectivity index (χ3v) is 24.8. The van der Waals surface area contributed by atoms with Gasteiger partial charge in [0.25, 0.3) is 0 Å². The van der Waals surface area contributed by atoms with Crippen molar-refractivity contribution in [2.45, 2.75) is 183 Å². The number of benzene rings is 1. The molecule has 1 aromatic rings. The molecule has 1 aliphatic heterocycles. The highest BCUT2D eigenvalue weighted by atomic mass is 32.2. The summed E-state index contributed by atoms with van der Waals surface area (Å²) in [6, 6.07) is 8.73. The number of allylic oxidation sites excluding steroid dienone is 1. The van der Waals surface area contributed by atoms with Crippen LogP contribution in [-0.2, 0) is 37.7 Å². The Morgan fingerprint density at radius 3 is 2.06 bits per heavy atom. The van der Waals surface area contributed by atoms with Crippen molar-refractivity contribution < 1.29 is 36.3 Å². The van der Waals surface area contributed by atoms with E-state index in [1.807, 2.05) is 6.07 Å². The predicted molar refractivity (Wildman–Crippen MR) is 207 cm³/mol. The van der Waals surface area contributed by atoms with Gasteiger partial charge in [0.2, 0.25) is 0 Å². The van der Waals surface area contributed by atoms with Crippen LogP contribution in [0.2, 0.25) is 36.3 Å². The van der Waals surface area contributed by atoms with Crippen LogP contribution in [0.5, 0.6) is 0 Å². The zero-order chi connectivity index (χ0) is 37.6. The van der Waals surface area contributed by atoms with E-state index in [4.69, 9.17) is 23.1 Å². The van der Waals surface area contributed by atoms with Crippen molar-refractivity contribution >= 4 is 32.4 Å². The summed E-state index contributed by atoms with van der Waals surface area (Å²) in [5, 5.41) is 0.0448. The lowest BCUT2D eigenvalue weighted by molar-refractivity contribution is -0.202. The molecule has 1 heterocycles. The number of ether oxygens (including phenoxy) is 3. The van der Waals surface area contributed by atoms with Gasteiger partial charge in [0.05, 0.1) is 17.1 Å². The van der Waals surface area contributed by atoms with Gasteiger partial charge in [-0.3, -0.25) is 4.79 Å². The maximum atomic E-state index is 15.0. The molecule has 4 aliphatic rings. The van der Waals surface area contributed by atoms with Crippen LogP contribution < -0.4 is 0 Å². The average molecular weight is 763 g/mol. The molecule has 0 bridgehead atoms. The van der Waals surface area contributed by atoms with Crippen LogP contribution in [0.1, 0.15) is 106 Å². The summed E-state index contributed by atoms with van der Waals surface area (Å²) >= 11 is 0. The smallest absolute Gasteiger partial charge is 0.303 e. The monoisotopic (exact) mass is 762 g/mol. The van der Waals surface area contributed by atoms with E-state index in [0.717, 1.165) is 31.3 Å². The van der Waals surface area contributed by atoms with Crippen LogP contribution in [-0.4, -0.2) is 73.1 Å². The lowest BCUT2D eigenvalue weighted by atomic mass is 9.79. The molecular weight excluding hydrogens is 697 g/mol. The molecule has 0 spiro atoms. The van der Waals surface area contributed by atoms with Crippen LogP contribution in [0, 0.1) is 11.8 Å². The quantitative estimate of drug-likeness (QED) is 0.125. The fraction of sp³-hybridized carbons (Fsp3) is 0.775. The van der Waals surface area contributed by atoms with E-state index in [2.05, 4.69) is 73.8 Å². The van der Waals surface area contributed by atoms with Gasteiger partial charge in [-0.2, -0.15) is 0 Å². The standard InChI is InChI=1S/C40H66O8SSi2/c1-28(41)45-37(40(49(42,43)32-17-13-12-14-18-32)22-20-31(21-23-40)47-50(8,9)38(2,3)4)30-25-29-27-34(46-35-19-15-16-24-44-35)36(33(29)26-30)48-51(10,11)39(5,6)7/h12-14,17-18,25,29,31,33-37H,15-16,19-24,26-27H2,1-11H3/t29-,31?,33-,34+,35?,36+,37?,40?/m0/s1. The van der Waals surface area contributed by atoms with E-state index in [9.17, 15) is 4.79 Å². The second-order valence-corrected chi connectivity index (χ2v) is 30.6. The van der Waals surface area contributed by atoms with Crippen LogP contribution >= 0.6 is 0 Å². The lowest BCUT2D eigenvalue weighted by Gasteiger charge is -2.47. The number of hydrogen-bond acceptors (Lipinski definition) is 8. The van der Waals surface area contributed by atoms with Gasteiger partial charge in [0.1, 0.15) is 10.9 Å². The highest BCUT2D eigenvalue weighted by Gasteiger charge is 2.59. The first-order chi connectivity index (χ1) is 23.6. The Bertz CT molecular complexity index is 1500. The molecule has 0 N–H and O–H groups in total. The molecule has 3 fully saturated rings. The molecule has 5 rings (SSSR count). The van der Waals surface area contributed by atoms with Gasteiger partial charge in [-0.25, -0.2) is 8.42 Å². The van der Waals surface area contributed by atoms with Crippen molar-refractivity contribution in [3.63, 3.8) is 0 Å². The summed E-state index contributed by atoms with van der Waals surface area (Å²) in [5.41, 5.74) is 0.902. The second kappa shape index (κ2) is 15.1. The first-order valence-corrected chi connectivity index (χ1v) is 26.7. The van der Waals surface area contributed by atoms with Gasteiger partial charge in [-0.05, 0) is 124 Å². The van der Waals surface area contributed by atoms with E-state index in [-0.39, 0.29) is 51.4 Å². The van der Waals surface area contributed by atoms with Gasteiger partial charge >= 0.3 is 5.97 Å². The summed E-state index contributed by atoms with van der Waals surface area (Å²) in [6.07, 6.45) is 7.04. The molecule has 1 aromatic carbocycles. The Labute approximate surface area is 310 Å². The Hall–Kier alpha value is -1.35. The summed E-state index contributed by atoms with van der Waals surface area (Å²) in [5.74, 6) is -0.253. The minimum absolute atomic E-state index is 0.00502. The van der Waals surface area contributed by atoms with Crippen molar-refractivity contribution in [1.82, 2.24) is 0 Å². The topological polar surface area (TPSA) is 97.4 Å². The van der Waals surface area contributed by atoms with Crippen LogP contribution in [0.15, 0.2) is 46.9 Å². The van der Waals surface area contributed by atoms with Crippen molar-refractivity contribution in [3.05, 3.63) is 42.0 Å². The summed E-state index contributed by atoms with van der Waals surface area (Å²) in [4.78, 5) is 13.3. The molecular formula is C40H66O8SSi2. The fourth-order valence-electron chi connectivity index (χ4n) is 8.18. The highest BCUT2D eigenvalue weighted by Crippen LogP contribution is 2.54. The molecule has 51 heavy (non-hydrogen) atoms. The first kappa shape index (κ1) is 40.8. The summed E-state index contributed by atoms with van der Waals surface area (Å²) in [6.45, 7) is 24.6. The first-order valence-electron chi connectivity index (χ1n) is 19.4. The van der Waals surface area contributed by atoms with Crippen LogP contribution in [0.4, 0.5) is 0 Å². The third-order valence-electron chi connectivity index (χ3n) is 13.2. The predicted octanol–water partition coefficient (Wildman–Crippen LogP) is 9.36. The number of fused-ring (bicyclic) bond motifs is 1. The molecule has 0 aromatic heterocycles. The largest absolute Gasteiger partial charge is 0.456 e. The zero-order valence-corrected chi connectivity index (χ0v) is 36.1. The van der Waals surface area contributed by atoms with Gasteiger partial charge in [0.15, 0.2) is 32.8 Å². The number of hydrogen-bond donors (Lipinski definition) is 0. The Morgan fingerprint density at radius 2 is 1.51 bits per heavy atom. The molecule has 11 heteroatoms. The molecule has 8 nitrogen and oxygen atoms in total. The number of esters is 1. The minimum atomic E-state index is -3.94. The third kappa shape index (κ3) is 8.49. The molecule has 3 aliphatic carbocycles. The Morgan fingerprint density at radius 1 is 0.902 bits per heavy atom. The van der Waals surface area contributed by atoms with Crippen molar-refractivity contribution in [1.29, 1.82) is 0 Å². The number of carbonyl (C=O) groups is 1. The number of sulfone groups is 1. The van der Waals surface area contributed by atoms with Gasteiger partial charge in [-0.1, -0.05) is 65.8 Å². The molecule has 1 saturated heterocycles. The normalized spacial score (nSPS) is 31.5. The Kier molecular flexibility index (Phi) is 12.1. The zero-order valence-electron chi connectivity index (χ0n) is 33.3. The molecule has 0 radical (unpaired) electrons. The van der Waals surface area contributed by atoms with Crippen LogP contribution in [0.25, 0.3) is 0 Å². The van der Waals surface area contributed by atoms with Gasteiger partial charge < -0.3 is 23.1 Å². The van der Waals surface area contributed by atoms with Crippen molar-refractivity contribution in [2.24, 2.45) is 11.8 Å². The fourth-order valence-corrected chi connectivity index (χ4v) is 13.2. The van der Waals surface area contributed by atoms with E-state index in [0.29, 0.717) is 38.7 Å². The van der Waals surface area contributed by atoms with Crippen molar-refractivity contribution in [2.75, 3.05) is 6.61 Å². The van der Waals surface area contributed by atoms with Crippen molar-refractivity contribution in [3.8, 4) is 0 Å². The van der Waals surface area contributed by atoms with E-state index < -0.39 is 43.3 Å². The summed E-state index contributed by atoms with van der Waals surface area (Å²) in [7, 11) is -8.24. The maximum absolute atomic E-state index is 15.0.